The third-order valence-electron chi connectivity index (χ3n) is 2.92. The van der Waals surface area contributed by atoms with Gasteiger partial charge in [-0.1, -0.05) is 6.07 Å². The van der Waals surface area contributed by atoms with Crippen LogP contribution < -0.4 is 5.43 Å². The summed E-state index contributed by atoms with van der Waals surface area (Å²) in [5, 5.41) is 22.8. The van der Waals surface area contributed by atoms with Crippen molar-refractivity contribution in [1.82, 2.24) is 0 Å². The minimum Gasteiger partial charge on any atom is -0.508 e. The molecule has 2 aromatic rings. The van der Waals surface area contributed by atoms with Gasteiger partial charge in [0.15, 0.2) is 0 Å². The lowest BCUT2D eigenvalue weighted by atomic mass is 10.1. The molecule has 3 N–H and O–H groups in total. The molecule has 0 atom stereocenters. The van der Waals surface area contributed by atoms with E-state index in [0.29, 0.717) is 5.56 Å². The molecule has 4 heteroatoms. The van der Waals surface area contributed by atoms with Crippen LogP contribution in [0.4, 0.5) is 5.69 Å². The Morgan fingerprint density at radius 2 is 1.79 bits per heavy atom. The second-order valence-electron chi connectivity index (χ2n) is 4.41. The third-order valence-corrected chi connectivity index (χ3v) is 2.92. The second kappa shape index (κ2) is 5.44. The van der Waals surface area contributed by atoms with Gasteiger partial charge in [0.25, 0.3) is 0 Å². The van der Waals surface area contributed by atoms with E-state index in [1.54, 1.807) is 6.07 Å². The highest BCUT2D eigenvalue weighted by Crippen LogP contribution is 2.21. The van der Waals surface area contributed by atoms with Gasteiger partial charge in [-0.05, 0) is 49.2 Å². The van der Waals surface area contributed by atoms with E-state index in [9.17, 15) is 10.2 Å². The zero-order chi connectivity index (χ0) is 13.8. The highest BCUT2D eigenvalue weighted by Gasteiger charge is 1.99. The number of phenols is 2. The van der Waals surface area contributed by atoms with Gasteiger partial charge in [0.2, 0.25) is 0 Å². The van der Waals surface area contributed by atoms with Gasteiger partial charge < -0.3 is 10.2 Å². The van der Waals surface area contributed by atoms with Crippen LogP contribution in [0.1, 0.15) is 16.7 Å². The summed E-state index contributed by atoms with van der Waals surface area (Å²) in [5.74, 6) is 0.0161. The molecule has 0 bridgehead atoms. The van der Waals surface area contributed by atoms with Crippen molar-refractivity contribution in [2.24, 2.45) is 5.10 Å². The first-order valence-corrected chi connectivity index (χ1v) is 5.94. The molecule has 0 aliphatic heterocycles. The Labute approximate surface area is 112 Å². The smallest absolute Gasteiger partial charge is 0.128 e. The fraction of sp³-hybridized carbons (Fsp3) is 0.133. The van der Waals surface area contributed by atoms with Gasteiger partial charge >= 0.3 is 0 Å². The standard InChI is InChI=1S/C15H16N2O2/c1-10-3-5-13(7-11(10)2)17-16-9-12-4-6-14(18)8-15(12)19/h3-9,17-19H,1-2H3. The Kier molecular flexibility index (Phi) is 3.71. The lowest BCUT2D eigenvalue weighted by Crippen LogP contribution is -1.92. The number of rotatable bonds is 3. The van der Waals surface area contributed by atoms with Crippen molar-refractivity contribution in [3.8, 4) is 11.5 Å². The van der Waals surface area contributed by atoms with Crippen LogP contribution in [0.15, 0.2) is 41.5 Å². The van der Waals surface area contributed by atoms with E-state index in [-0.39, 0.29) is 11.5 Å². The number of hydrogen-bond acceptors (Lipinski definition) is 4. The number of benzene rings is 2. The number of hydrazone groups is 1. The van der Waals surface area contributed by atoms with E-state index in [1.165, 1.54) is 29.5 Å². The largest absolute Gasteiger partial charge is 0.508 e. The first-order chi connectivity index (χ1) is 9.06. The minimum absolute atomic E-state index is 0.00867. The van der Waals surface area contributed by atoms with Crippen LogP contribution in [0.3, 0.4) is 0 Å². The van der Waals surface area contributed by atoms with Crippen LogP contribution in [-0.2, 0) is 0 Å². The molecule has 0 saturated carbocycles. The summed E-state index contributed by atoms with van der Waals surface area (Å²) in [6.45, 7) is 4.09. The maximum atomic E-state index is 9.59. The van der Waals surface area contributed by atoms with Crippen molar-refractivity contribution < 1.29 is 10.2 Å². The molecular formula is C15H16N2O2. The van der Waals surface area contributed by atoms with Crippen molar-refractivity contribution in [2.75, 3.05) is 5.43 Å². The van der Waals surface area contributed by atoms with Crippen molar-refractivity contribution in [1.29, 1.82) is 0 Å². The van der Waals surface area contributed by atoms with E-state index < -0.39 is 0 Å². The summed E-state index contributed by atoms with van der Waals surface area (Å²) in [5.41, 5.74) is 6.74. The predicted molar refractivity (Wildman–Crippen MR) is 76.9 cm³/mol. The van der Waals surface area contributed by atoms with Crippen LogP contribution in [0.2, 0.25) is 0 Å². The summed E-state index contributed by atoms with van der Waals surface area (Å²) in [6.07, 6.45) is 1.50. The number of nitrogens with one attached hydrogen (secondary N) is 1. The maximum absolute atomic E-state index is 9.59. The third kappa shape index (κ3) is 3.25. The molecule has 0 aliphatic carbocycles. The summed E-state index contributed by atoms with van der Waals surface area (Å²) >= 11 is 0. The Hall–Kier alpha value is -2.49. The van der Waals surface area contributed by atoms with Gasteiger partial charge in [0.05, 0.1) is 11.9 Å². The summed E-state index contributed by atoms with van der Waals surface area (Å²) in [6, 6.07) is 10.3. The van der Waals surface area contributed by atoms with Gasteiger partial charge in [-0.15, -0.1) is 0 Å². The van der Waals surface area contributed by atoms with Crippen molar-refractivity contribution in [3.05, 3.63) is 53.1 Å². The highest BCUT2D eigenvalue weighted by molar-refractivity contribution is 5.84. The Bertz CT molecular complexity index is 622. The predicted octanol–water partition coefficient (Wildman–Crippen LogP) is 3.16. The lowest BCUT2D eigenvalue weighted by molar-refractivity contribution is 0.450. The van der Waals surface area contributed by atoms with Crippen LogP contribution in [0.5, 0.6) is 11.5 Å². The zero-order valence-electron chi connectivity index (χ0n) is 10.9. The highest BCUT2D eigenvalue weighted by atomic mass is 16.3. The molecule has 0 radical (unpaired) electrons. The summed E-state index contributed by atoms with van der Waals surface area (Å²) in [7, 11) is 0. The lowest BCUT2D eigenvalue weighted by Gasteiger charge is -2.04. The van der Waals surface area contributed by atoms with Gasteiger partial charge in [-0.2, -0.15) is 5.10 Å². The Balaban J connectivity index is 2.09. The molecule has 98 valence electrons. The fourth-order valence-corrected chi connectivity index (χ4v) is 1.63. The Morgan fingerprint density at radius 1 is 1.00 bits per heavy atom. The van der Waals surface area contributed by atoms with Crippen LogP contribution >= 0.6 is 0 Å². The number of phenolic OH excluding ortho intramolecular Hbond substituents is 2. The molecule has 0 unspecified atom stereocenters. The topological polar surface area (TPSA) is 64.9 Å². The average molecular weight is 256 g/mol. The van der Waals surface area contributed by atoms with E-state index in [4.69, 9.17) is 0 Å². The van der Waals surface area contributed by atoms with E-state index in [2.05, 4.69) is 17.5 Å². The number of nitrogens with zero attached hydrogens (tertiary/aromatic N) is 1. The first kappa shape index (κ1) is 13.0. The zero-order valence-corrected chi connectivity index (χ0v) is 10.9. The van der Waals surface area contributed by atoms with Crippen molar-refractivity contribution in [3.63, 3.8) is 0 Å². The van der Waals surface area contributed by atoms with Crippen molar-refractivity contribution in [2.45, 2.75) is 13.8 Å². The fourth-order valence-electron chi connectivity index (χ4n) is 1.63. The number of anilines is 1. The Morgan fingerprint density at radius 3 is 2.47 bits per heavy atom. The van der Waals surface area contributed by atoms with Gasteiger partial charge in [-0.25, -0.2) is 0 Å². The molecule has 19 heavy (non-hydrogen) atoms. The maximum Gasteiger partial charge on any atom is 0.128 e. The molecule has 0 spiro atoms. The minimum atomic E-state index is -0.00867. The first-order valence-electron chi connectivity index (χ1n) is 5.94. The molecule has 0 heterocycles. The number of aryl methyl sites for hydroxylation is 2. The molecule has 2 aromatic carbocycles. The normalized spacial score (nSPS) is 10.8. The average Bonchev–Trinajstić information content (AvgIpc) is 2.36. The number of hydrogen-bond donors (Lipinski definition) is 3. The van der Waals surface area contributed by atoms with Gasteiger partial charge in [0.1, 0.15) is 11.5 Å². The van der Waals surface area contributed by atoms with E-state index >= 15 is 0 Å². The number of aromatic hydroxyl groups is 2. The monoisotopic (exact) mass is 256 g/mol. The molecule has 0 aliphatic rings. The molecule has 0 amide bonds. The molecule has 0 aromatic heterocycles. The van der Waals surface area contributed by atoms with Crippen LogP contribution in [0, 0.1) is 13.8 Å². The van der Waals surface area contributed by atoms with Gasteiger partial charge in [0, 0.05) is 11.6 Å². The molecule has 4 nitrogen and oxygen atoms in total. The van der Waals surface area contributed by atoms with Crippen molar-refractivity contribution >= 4 is 11.9 Å². The summed E-state index contributed by atoms with van der Waals surface area (Å²) in [4.78, 5) is 0. The second-order valence-corrected chi connectivity index (χ2v) is 4.41. The van der Waals surface area contributed by atoms with Gasteiger partial charge in [-0.3, -0.25) is 5.43 Å². The van der Waals surface area contributed by atoms with Crippen LogP contribution in [0.25, 0.3) is 0 Å². The van der Waals surface area contributed by atoms with E-state index in [0.717, 1.165) is 5.69 Å². The van der Waals surface area contributed by atoms with E-state index in [1.807, 2.05) is 25.1 Å². The van der Waals surface area contributed by atoms with Crippen LogP contribution in [-0.4, -0.2) is 16.4 Å². The molecular weight excluding hydrogens is 240 g/mol. The quantitative estimate of drug-likeness (QED) is 0.584. The summed E-state index contributed by atoms with van der Waals surface area (Å²) < 4.78 is 0. The molecule has 0 fully saturated rings. The SMILES string of the molecule is Cc1ccc(NN=Cc2ccc(O)cc2O)cc1C. The molecule has 2 rings (SSSR count). The molecule has 0 saturated heterocycles.